The summed E-state index contributed by atoms with van der Waals surface area (Å²) in [6.45, 7) is 6.07. The van der Waals surface area contributed by atoms with E-state index in [1.165, 1.54) is 12.1 Å². The number of hydrogen-bond acceptors (Lipinski definition) is 6. The van der Waals surface area contributed by atoms with E-state index in [0.717, 1.165) is 11.1 Å². The van der Waals surface area contributed by atoms with Gasteiger partial charge in [-0.15, -0.1) is 0 Å². The van der Waals surface area contributed by atoms with Crippen LogP contribution < -0.4 is 0 Å². The van der Waals surface area contributed by atoms with Gasteiger partial charge in [0, 0.05) is 12.8 Å². The molecule has 8 heteroatoms. The van der Waals surface area contributed by atoms with Crippen molar-refractivity contribution in [3.05, 3.63) is 65.7 Å². The third-order valence-corrected chi connectivity index (χ3v) is 7.42. The van der Waals surface area contributed by atoms with Crippen LogP contribution in [0.5, 0.6) is 0 Å². The normalized spacial score (nSPS) is 13.9. The van der Waals surface area contributed by atoms with Crippen LogP contribution in [0.1, 0.15) is 31.4 Å². The molecule has 2 rings (SSSR count). The minimum atomic E-state index is -3.84. The van der Waals surface area contributed by atoms with Gasteiger partial charge in [0.05, 0.1) is 17.9 Å². The van der Waals surface area contributed by atoms with Crippen molar-refractivity contribution in [2.45, 2.75) is 44.1 Å². The molecule has 0 spiro atoms. The largest absolute Gasteiger partial charge is 0.464 e. The van der Waals surface area contributed by atoms with Gasteiger partial charge in [0.15, 0.2) is 5.60 Å². The first-order chi connectivity index (χ1) is 14.8. The lowest BCUT2D eigenvalue weighted by Crippen LogP contribution is -2.46. The van der Waals surface area contributed by atoms with Crippen molar-refractivity contribution in [1.29, 1.82) is 0 Å². The average molecular weight is 467 g/mol. The fourth-order valence-corrected chi connectivity index (χ4v) is 5.61. The Morgan fingerprint density at radius 1 is 1.00 bits per heavy atom. The van der Waals surface area contributed by atoms with Gasteiger partial charge in [-0.2, -0.15) is 8.42 Å². The molecular formula is C23H31O6PS. The predicted octanol–water partition coefficient (Wildman–Crippen LogP) is 4.31. The Kier molecular flexibility index (Phi) is 10.1. The summed E-state index contributed by atoms with van der Waals surface area (Å²) < 4.78 is 41.2. The molecule has 6 nitrogen and oxygen atoms in total. The van der Waals surface area contributed by atoms with E-state index in [9.17, 15) is 13.2 Å². The average Bonchev–Trinajstić information content (AvgIpc) is 2.76. The van der Waals surface area contributed by atoms with Crippen molar-refractivity contribution < 1.29 is 26.9 Å². The van der Waals surface area contributed by atoms with Gasteiger partial charge >= 0.3 is 5.97 Å². The van der Waals surface area contributed by atoms with E-state index in [0.29, 0.717) is 25.6 Å². The van der Waals surface area contributed by atoms with E-state index in [4.69, 9.17) is 13.7 Å². The summed E-state index contributed by atoms with van der Waals surface area (Å²) in [5, 5.41) is 0. The highest BCUT2D eigenvalue weighted by Crippen LogP contribution is 2.30. The molecule has 0 heterocycles. The van der Waals surface area contributed by atoms with E-state index < -0.39 is 21.7 Å². The van der Waals surface area contributed by atoms with Crippen LogP contribution in [0.3, 0.4) is 0 Å². The van der Waals surface area contributed by atoms with Gasteiger partial charge < -0.3 is 9.47 Å². The highest BCUT2D eigenvalue weighted by Gasteiger charge is 2.40. The smallest absolute Gasteiger partial charge is 0.338 e. The predicted molar refractivity (Wildman–Crippen MR) is 123 cm³/mol. The van der Waals surface area contributed by atoms with Gasteiger partial charge in [-0.3, -0.25) is 4.18 Å². The zero-order chi connectivity index (χ0) is 22.7. The molecule has 0 radical (unpaired) electrons. The number of ether oxygens (including phenoxy) is 2. The number of aryl methyl sites for hydroxylation is 2. The van der Waals surface area contributed by atoms with Crippen molar-refractivity contribution in [3.8, 4) is 0 Å². The third kappa shape index (κ3) is 7.69. The number of carbonyl (C=O) groups is 1. The highest BCUT2D eigenvalue weighted by molar-refractivity contribution is 7.87. The van der Waals surface area contributed by atoms with Gasteiger partial charge in [-0.25, -0.2) is 4.79 Å². The van der Waals surface area contributed by atoms with Crippen LogP contribution in [-0.4, -0.2) is 45.7 Å². The summed E-state index contributed by atoms with van der Waals surface area (Å²) in [6.07, 6.45) is 1.40. The van der Waals surface area contributed by atoms with Crippen molar-refractivity contribution in [3.63, 3.8) is 0 Å². The fourth-order valence-electron chi connectivity index (χ4n) is 3.12. The SMILES string of the molecule is CCOC(=O)C(CCc1ccccc1)(CPCOS(=O)(=O)c1ccc(C)cc1)OCC. The summed E-state index contributed by atoms with van der Waals surface area (Å²) in [4.78, 5) is 12.9. The molecule has 170 valence electrons. The van der Waals surface area contributed by atoms with Crippen molar-refractivity contribution in [2.75, 3.05) is 25.7 Å². The van der Waals surface area contributed by atoms with Crippen molar-refractivity contribution >= 4 is 24.7 Å². The van der Waals surface area contributed by atoms with Gasteiger partial charge in [-0.05, 0) is 51.3 Å². The molecule has 0 aliphatic carbocycles. The molecule has 0 saturated carbocycles. The lowest BCUT2D eigenvalue weighted by Gasteiger charge is -2.31. The minimum absolute atomic E-state index is 0.0181. The Balaban J connectivity index is 2.05. The number of rotatable bonds is 13. The second-order valence-corrected chi connectivity index (χ2v) is 9.85. The highest BCUT2D eigenvalue weighted by atomic mass is 32.2. The first-order valence-electron chi connectivity index (χ1n) is 10.3. The standard InChI is InChI=1S/C23H31O6PS/c1-4-27-22(24)23(28-5-2,16-15-20-9-7-6-8-10-20)17-30-18-29-31(25,26)21-13-11-19(3)12-14-21/h6-14,30H,4-5,15-18H2,1-3H3. The number of esters is 1. The fraction of sp³-hybridized carbons (Fsp3) is 0.435. The molecule has 2 aromatic rings. The van der Waals surface area contributed by atoms with E-state index in [1.54, 1.807) is 19.1 Å². The van der Waals surface area contributed by atoms with Gasteiger partial charge in [-0.1, -0.05) is 56.6 Å². The second kappa shape index (κ2) is 12.3. The molecule has 0 bridgehead atoms. The van der Waals surface area contributed by atoms with Gasteiger partial charge in [0.1, 0.15) is 0 Å². The lowest BCUT2D eigenvalue weighted by atomic mass is 9.96. The maximum Gasteiger partial charge on any atom is 0.338 e. The molecule has 0 aromatic heterocycles. The number of carbonyl (C=O) groups excluding carboxylic acids is 1. The molecule has 0 amide bonds. The van der Waals surface area contributed by atoms with E-state index in [-0.39, 0.29) is 26.4 Å². The molecule has 0 N–H and O–H groups in total. The Morgan fingerprint density at radius 2 is 1.68 bits per heavy atom. The number of benzene rings is 2. The molecular weight excluding hydrogens is 435 g/mol. The summed E-state index contributed by atoms with van der Waals surface area (Å²) in [5.74, 6) is -0.415. The third-order valence-electron chi connectivity index (χ3n) is 4.76. The molecule has 0 fully saturated rings. The number of hydrogen-bond donors (Lipinski definition) is 0. The summed E-state index contributed by atoms with van der Waals surface area (Å²) in [7, 11) is -3.80. The Hall–Kier alpha value is -1.79. The van der Waals surface area contributed by atoms with Gasteiger partial charge in [0.25, 0.3) is 10.1 Å². The zero-order valence-corrected chi connectivity index (χ0v) is 20.1. The zero-order valence-electron chi connectivity index (χ0n) is 18.3. The maximum absolute atomic E-state index is 12.8. The van der Waals surface area contributed by atoms with Crippen LogP contribution in [0, 0.1) is 6.92 Å². The van der Waals surface area contributed by atoms with E-state index in [2.05, 4.69) is 0 Å². The maximum atomic E-state index is 12.8. The van der Waals surface area contributed by atoms with Crippen LogP contribution in [0.4, 0.5) is 0 Å². The van der Waals surface area contributed by atoms with E-state index in [1.807, 2.05) is 44.2 Å². The van der Waals surface area contributed by atoms with Crippen LogP contribution in [0.25, 0.3) is 0 Å². The van der Waals surface area contributed by atoms with Crippen molar-refractivity contribution in [1.82, 2.24) is 0 Å². The monoisotopic (exact) mass is 466 g/mol. The van der Waals surface area contributed by atoms with Crippen molar-refractivity contribution in [2.24, 2.45) is 0 Å². The van der Waals surface area contributed by atoms with Crippen LogP contribution in [-0.2, 0) is 35.0 Å². The molecule has 0 aliphatic rings. The summed E-state index contributed by atoms with van der Waals surface area (Å²) >= 11 is 0. The quantitative estimate of drug-likeness (QED) is 0.189. The van der Waals surface area contributed by atoms with E-state index >= 15 is 0 Å². The topological polar surface area (TPSA) is 78.9 Å². The molecule has 31 heavy (non-hydrogen) atoms. The second-order valence-electron chi connectivity index (χ2n) is 7.09. The molecule has 2 unspecified atom stereocenters. The molecule has 0 saturated heterocycles. The lowest BCUT2D eigenvalue weighted by molar-refractivity contribution is -0.169. The Labute approximate surface area is 187 Å². The molecule has 0 aliphatic heterocycles. The Bertz CT molecular complexity index is 915. The summed E-state index contributed by atoms with van der Waals surface area (Å²) in [6, 6.07) is 16.3. The minimum Gasteiger partial charge on any atom is -0.464 e. The molecule has 2 aromatic carbocycles. The van der Waals surface area contributed by atoms with Crippen LogP contribution >= 0.6 is 8.58 Å². The summed E-state index contributed by atoms with van der Waals surface area (Å²) in [5.41, 5.74) is 0.934. The molecule has 2 atom stereocenters. The first-order valence-corrected chi connectivity index (χ1v) is 13.2. The van der Waals surface area contributed by atoms with Crippen LogP contribution in [0.15, 0.2) is 59.5 Å². The van der Waals surface area contributed by atoms with Crippen LogP contribution in [0.2, 0.25) is 0 Å². The first kappa shape index (κ1) is 25.5. The Morgan fingerprint density at radius 3 is 2.29 bits per heavy atom. The van der Waals surface area contributed by atoms with Gasteiger partial charge in [0.2, 0.25) is 0 Å².